The summed E-state index contributed by atoms with van der Waals surface area (Å²) in [6.45, 7) is 0.763. The molecule has 4 rings (SSSR count). The number of hydrogen-bond donors (Lipinski definition) is 1. The van der Waals surface area contributed by atoms with Gasteiger partial charge in [0.25, 0.3) is 5.56 Å². The van der Waals surface area contributed by atoms with Crippen molar-refractivity contribution in [1.82, 2.24) is 14.9 Å². The number of furan rings is 1. The van der Waals surface area contributed by atoms with E-state index in [1.54, 1.807) is 23.0 Å². The normalized spacial score (nSPS) is 11.0. The first kappa shape index (κ1) is 22.2. The third-order valence-electron chi connectivity index (χ3n) is 4.93. The van der Waals surface area contributed by atoms with Crippen molar-refractivity contribution in [2.45, 2.75) is 36.8 Å². The molecule has 0 unspecified atom stereocenters. The number of rotatable bonds is 9. The minimum atomic E-state index is -0.0924. The van der Waals surface area contributed by atoms with Crippen LogP contribution >= 0.6 is 23.4 Å². The van der Waals surface area contributed by atoms with Crippen LogP contribution in [0.5, 0.6) is 0 Å². The molecule has 1 amide bonds. The second-order valence-corrected chi connectivity index (χ2v) is 8.62. The van der Waals surface area contributed by atoms with Crippen LogP contribution in [0.4, 0.5) is 0 Å². The van der Waals surface area contributed by atoms with Crippen LogP contribution in [0.3, 0.4) is 0 Å². The van der Waals surface area contributed by atoms with Gasteiger partial charge in [-0.3, -0.25) is 14.2 Å². The number of nitrogens with zero attached hydrogens (tertiary/aromatic N) is 2. The summed E-state index contributed by atoms with van der Waals surface area (Å²) in [4.78, 5) is 30.0. The lowest BCUT2D eigenvalue weighted by atomic mass is 10.2. The average molecular weight is 468 g/mol. The van der Waals surface area contributed by atoms with Crippen LogP contribution in [-0.4, -0.2) is 15.5 Å². The molecule has 0 atom stereocenters. The molecule has 0 spiro atoms. The van der Waals surface area contributed by atoms with Gasteiger partial charge in [0.15, 0.2) is 5.16 Å². The fourth-order valence-electron chi connectivity index (χ4n) is 3.27. The van der Waals surface area contributed by atoms with Crippen molar-refractivity contribution in [2.24, 2.45) is 0 Å². The topological polar surface area (TPSA) is 77.1 Å². The van der Waals surface area contributed by atoms with Gasteiger partial charge in [-0.25, -0.2) is 4.98 Å². The van der Waals surface area contributed by atoms with Crippen LogP contribution in [0, 0.1) is 0 Å². The number of carbonyl (C=O) groups excluding carboxylic acids is 1. The fraction of sp³-hybridized carbons (Fsp3) is 0.208. The van der Waals surface area contributed by atoms with Crippen molar-refractivity contribution < 1.29 is 9.21 Å². The van der Waals surface area contributed by atoms with Crippen molar-refractivity contribution in [2.75, 3.05) is 0 Å². The number of aromatic nitrogens is 2. The van der Waals surface area contributed by atoms with Gasteiger partial charge in [-0.1, -0.05) is 47.6 Å². The lowest BCUT2D eigenvalue weighted by Crippen LogP contribution is -2.26. The SMILES string of the molecule is O=C(CCCn1c(SCc2ccc(Cl)cc2)nc2ccccc2c1=O)NCc1ccco1. The molecule has 1 N–H and O–H groups in total. The first-order chi connectivity index (χ1) is 15.6. The van der Waals surface area contributed by atoms with Gasteiger partial charge in [0.1, 0.15) is 5.76 Å². The lowest BCUT2D eigenvalue weighted by molar-refractivity contribution is -0.121. The highest BCUT2D eigenvalue weighted by Crippen LogP contribution is 2.23. The molecule has 32 heavy (non-hydrogen) atoms. The van der Waals surface area contributed by atoms with Gasteiger partial charge < -0.3 is 9.73 Å². The summed E-state index contributed by atoms with van der Waals surface area (Å²) in [5.41, 5.74) is 1.67. The van der Waals surface area contributed by atoms with Crippen LogP contribution in [0.2, 0.25) is 5.02 Å². The Hall–Kier alpha value is -3.03. The largest absolute Gasteiger partial charge is 0.467 e. The van der Waals surface area contributed by atoms with Gasteiger partial charge in [-0.05, 0) is 48.4 Å². The molecule has 6 nitrogen and oxygen atoms in total. The molecule has 0 aliphatic carbocycles. The van der Waals surface area contributed by atoms with E-state index in [1.807, 2.05) is 48.5 Å². The maximum atomic E-state index is 13.1. The Morgan fingerprint density at radius 2 is 1.91 bits per heavy atom. The lowest BCUT2D eigenvalue weighted by Gasteiger charge is -2.13. The Balaban J connectivity index is 1.46. The van der Waals surface area contributed by atoms with E-state index in [4.69, 9.17) is 21.0 Å². The first-order valence-corrected chi connectivity index (χ1v) is 11.6. The van der Waals surface area contributed by atoms with E-state index in [9.17, 15) is 9.59 Å². The monoisotopic (exact) mass is 467 g/mol. The molecular weight excluding hydrogens is 446 g/mol. The molecule has 0 bridgehead atoms. The third-order valence-corrected chi connectivity index (χ3v) is 6.23. The first-order valence-electron chi connectivity index (χ1n) is 10.3. The number of fused-ring (bicyclic) bond motifs is 1. The Labute approximate surface area is 194 Å². The number of hydrogen-bond acceptors (Lipinski definition) is 5. The minimum absolute atomic E-state index is 0.0847. The van der Waals surface area contributed by atoms with Crippen molar-refractivity contribution >= 4 is 40.2 Å². The van der Waals surface area contributed by atoms with E-state index >= 15 is 0 Å². The zero-order valence-electron chi connectivity index (χ0n) is 17.3. The van der Waals surface area contributed by atoms with Crippen molar-refractivity contribution in [3.05, 3.63) is 93.6 Å². The number of benzene rings is 2. The summed E-state index contributed by atoms with van der Waals surface area (Å²) in [5.74, 6) is 1.28. The number of nitrogens with one attached hydrogen (secondary N) is 1. The Kier molecular flexibility index (Phi) is 7.29. The number of amides is 1. The number of carbonyl (C=O) groups is 1. The number of para-hydroxylation sites is 1. The molecular formula is C24H22ClN3O3S. The molecule has 164 valence electrons. The summed E-state index contributed by atoms with van der Waals surface area (Å²) in [6, 6.07) is 18.5. The van der Waals surface area contributed by atoms with E-state index in [-0.39, 0.29) is 11.5 Å². The predicted octanol–water partition coefficient (Wildman–Crippen LogP) is 5.03. The summed E-state index contributed by atoms with van der Waals surface area (Å²) in [6.07, 6.45) is 2.41. The Bertz CT molecular complexity index is 1250. The van der Waals surface area contributed by atoms with Gasteiger partial charge in [-0.2, -0.15) is 0 Å². The summed E-state index contributed by atoms with van der Waals surface area (Å²) in [7, 11) is 0. The van der Waals surface area contributed by atoms with Crippen molar-refractivity contribution in [3.63, 3.8) is 0 Å². The highest BCUT2D eigenvalue weighted by molar-refractivity contribution is 7.98. The standard InChI is InChI=1S/C24H22ClN3O3S/c25-18-11-9-17(10-12-18)16-32-24-27-21-7-2-1-6-20(21)23(30)28(24)13-3-8-22(29)26-15-19-5-4-14-31-19/h1-2,4-7,9-12,14H,3,8,13,15-16H2,(H,26,29). The van der Waals surface area contributed by atoms with Gasteiger partial charge in [0, 0.05) is 23.7 Å². The molecule has 0 fully saturated rings. The van der Waals surface area contributed by atoms with Crippen LogP contribution in [0.15, 0.2) is 81.3 Å². The number of halogens is 1. The highest BCUT2D eigenvalue weighted by Gasteiger charge is 2.12. The molecule has 0 radical (unpaired) electrons. The third kappa shape index (κ3) is 5.60. The van der Waals surface area contributed by atoms with Crippen LogP contribution in [-0.2, 0) is 23.6 Å². The highest BCUT2D eigenvalue weighted by atomic mass is 35.5. The van der Waals surface area contributed by atoms with E-state index in [1.165, 1.54) is 11.8 Å². The Morgan fingerprint density at radius 3 is 2.69 bits per heavy atom. The van der Waals surface area contributed by atoms with E-state index in [0.717, 1.165) is 5.56 Å². The smallest absolute Gasteiger partial charge is 0.262 e. The molecule has 0 saturated heterocycles. The van der Waals surface area contributed by atoms with Crippen LogP contribution < -0.4 is 10.9 Å². The second-order valence-electron chi connectivity index (χ2n) is 7.24. The maximum absolute atomic E-state index is 13.1. The zero-order valence-corrected chi connectivity index (χ0v) is 18.9. The molecule has 2 heterocycles. The predicted molar refractivity (Wildman–Crippen MR) is 127 cm³/mol. The minimum Gasteiger partial charge on any atom is -0.467 e. The van der Waals surface area contributed by atoms with Crippen molar-refractivity contribution in [1.29, 1.82) is 0 Å². The van der Waals surface area contributed by atoms with E-state index < -0.39 is 0 Å². The van der Waals surface area contributed by atoms with Crippen LogP contribution in [0.1, 0.15) is 24.2 Å². The maximum Gasteiger partial charge on any atom is 0.262 e. The van der Waals surface area contributed by atoms with Crippen molar-refractivity contribution in [3.8, 4) is 0 Å². The molecule has 0 aliphatic rings. The summed E-state index contributed by atoms with van der Waals surface area (Å²) in [5, 5.41) is 4.73. The molecule has 4 aromatic rings. The zero-order chi connectivity index (χ0) is 22.3. The van der Waals surface area contributed by atoms with E-state index in [2.05, 4.69) is 5.32 Å². The quantitative estimate of drug-likeness (QED) is 0.276. The number of thioether (sulfide) groups is 1. The summed E-state index contributed by atoms with van der Waals surface area (Å²) < 4.78 is 6.89. The van der Waals surface area contributed by atoms with E-state index in [0.29, 0.717) is 58.5 Å². The van der Waals surface area contributed by atoms with Gasteiger partial charge in [0.05, 0.1) is 23.7 Å². The van der Waals surface area contributed by atoms with Gasteiger partial charge in [0.2, 0.25) is 5.91 Å². The molecule has 0 saturated carbocycles. The van der Waals surface area contributed by atoms with Gasteiger partial charge >= 0.3 is 0 Å². The molecule has 2 aromatic carbocycles. The summed E-state index contributed by atoms with van der Waals surface area (Å²) >= 11 is 7.47. The molecule has 8 heteroatoms. The van der Waals surface area contributed by atoms with Gasteiger partial charge in [-0.15, -0.1) is 0 Å². The second kappa shape index (κ2) is 10.5. The average Bonchev–Trinajstić information content (AvgIpc) is 3.33. The molecule has 0 aliphatic heterocycles. The molecule has 2 aromatic heterocycles. The Morgan fingerprint density at radius 1 is 1.09 bits per heavy atom. The van der Waals surface area contributed by atoms with Crippen LogP contribution in [0.25, 0.3) is 10.9 Å². The fourth-order valence-corrected chi connectivity index (χ4v) is 4.38.